The van der Waals surface area contributed by atoms with Gasteiger partial charge in [0.15, 0.2) is 5.65 Å². The second-order valence-corrected chi connectivity index (χ2v) is 6.63. The Hall–Kier alpha value is -3.50. The molecule has 4 heterocycles. The molecule has 1 N–H and O–H groups in total. The van der Waals surface area contributed by atoms with Gasteiger partial charge in [-0.1, -0.05) is 0 Å². The van der Waals surface area contributed by atoms with Crippen molar-refractivity contribution in [2.24, 2.45) is 33.2 Å². The van der Waals surface area contributed by atoms with Crippen LogP contribution in [0.3, 0.4) is 0 Å². The van der Waals surface area contributed by atoms with E-state index in [4.69, 9.17) is 0 Å². The first-order valence-electron chi connectivity index (χ1n) is 8.20. The van der Waals surface area contributed by atoms with Crippen molar-refractivity contribution in [3.8, 4) is 0 Å². The molecule has 11 nitrogen and oxygen atoms in total. The van der Waals surface area contributed by atoms with E-state index in [9.17, 15) is 19.2 Å². The van der Waals surface area contributed by atoms with Crippen LogP contribution in [0.15, 0.2) is 24.2 Å². The van der Waals surface area contributed by atoms with E-state index in [0.717, 1.165) is 9.13 Å². The number of imidazole rings is 1. The Labute approximate surface area is 150 Å². The van der Waals surface area contributed by atoms with Gasteiger partial charge in [0.1, 0.15) is 17.2 Å². The standard InChI is InChI=1S/C16H17N7O4/c1-20-11-8(13(24)22(3)15(20)26)5-7(17-11)6-9-18-10-12(19-9)21(2)16(27)23(4)14(10)25/h5-6H2,1-4H3,(H,18,19). The first kappa shape index (κ1) is 16.9. The predicted molar refractivity (Wildman–Crippen MR) is 98.0 cm³/mol. The smallest absolute Gasteiger partial charge is 0.332 e. The second-order valence-electron chi connectivity index (χ2n) is 6.63. The van der Waals surface area contributed by atoms with Crippen molar-refractivity contribution in [1.82, 2.24) is 28.2 Å². The number of aliphatic imine (C=N–C) groups is 1. The van der Waals surface area contributed by atoms with E-state index in [1.807, 2.05) is 0 Å². The van der Waals surface area contributed by atoms with Crippen LogP contribution in [-0.4, -0.2) is 33.9 Å². The molecule has 3 aromatic rings. The van der Waals surface area contributed by atoms with Crippen LogP contribution in [0.5, 0.6) is 0 Å². The van der Waals surface area contributed by atoms with Crippen molar-refractivity contribution >= 4 is 22.7 Å². The SMILES string of the molecule is Cn1c2c(c(=O)n(C)c1=O)CC(Cc1nc3c([nH]1)c(=O)n(C)c(=O)n3C)=N2. The molecule has 3 aromatic heterocycles. The zero-order valence-corrected chi connectivity index (χ0v) is 15.2. The van der Waals surface area contributed by atoms with Gasteiger partial charge < -0.3 is 4.98 Å². The van der Waals surface area contributed by atoms with Crippen molar-refractivity contribution in [3.63, 3.8) is 0 Å². The van der Waals surface area contributed by atoms with Crippen LogP contribution in [0.2, 0.25) is 0 Å². The van der Waals surface area contributed by atoms with Crippen molar-refractivity contribution < 1.29 is 0 Å². The third-order valence-electron chi connectivity index (χ3n) is 4.88. The number of nitrogens with one attached hydrogen (secondary N) is 1. The van der Waals surface area contributed by atoms with Crippen LogP contribution in [0.1, 0.15) is 11.4 Å². The third kappa shape index (κ3) is 2.27. The normalized spacial score (nSPS) is 13.3. The number of aryl methyl sites for hydroxylation is 1. The van der Waals surface area contributed by atoms with Gasteiger partial charge in [0, 0.05) is 46.7 Å². The third-order valence-corrected chi connectivity index (χ3v) is 4.88. The molecule has 1 aliphatic rings. The minimum atomic E-state index is -0.463. The molecule has 0 spiro atoms. The topological polar surface area (TPSA) is 129 Å². The molecule has 0 unspecified atom stereocenters. The van der Waals surface area contributed by atoms with Crippen molar-refractivity contribution in [2.75, 3.05) is 0 Å². The maximum atomic E-state index is 12.3. The van der Waals surface area contributed by atoms with Crippen molar-refractivity contribution in [2.45, 2.75) is 12.8 Å². The number of hydrogen-bond acceptors (Lipinski definition) is 6. The lowest BCUT2D eigenvalue weighted by molar-refractivity contribution is 0.682. The number of H-pyrrole nitrogens is 1. The Balaban J connectivity index is 1.78. The van der Waals surface area contributed by atoms with Crippen LogP contribution in [0.25, 0.3) is 11.2 Å². The van der Waals surface area contributed by atoms with Crippen molar-refractivity contribution in [1.29, 1.82) is 0 Å². The van der Waals surface area contributed by atoms with E-state index >= 15 is 0 Å². The van der Waals surface area contributed by atoms with Gasteiger partial charge in [0.2, 0.25) is 0 Å². The summed E-state index contributed by atoms with van der Waals surface area (Å²) in [6, 6.07) is 0. The quantitative estimate of drug-likeness (QED) is 0.570. The molecule has 0 aliphatic carbocycles. The summed E-state index contributed by atoms with van der Waals surface area (Å²) in [5, 5.41) is 0. The van der Waals surface area contributed by atoms with Crippen LogP contribution >= 0.6 is 0 Å². The highest BCUT2D eigenvalue weighted by Crippen LogP contribution is 2.22. The monoisotopic (exact) mass is 371 g/mol. The highest BCUT2D eigenvalue weighted by atomic mass is 16.2. The van der Waals surface area contributed by atoms with Gasteiger partial charge in [-0.25, -0.2) is 19.6 Å². The molecule has 27 heavy (non-hydrogen) atoms. The van der Waals surface area contributed by atoms with Crippen LogP contribution in [0.4, 0.5) is 5.82 Å². The summed E-state index contributed by atoms with van der Waals surface area (Å²) >= 11 is 0. The molecule has 0 aromatic carbocycles. The van der Waals surface area contributed by atoms with E-state index in [1.165, 1.54) is 30.3 Å². The summed E-state index contributed by atoms with van der Waals surface area (Å²) in [4.78, 5) is 60.3. The largest absolute Gasteiger partial charge is 0.336 e. The summed E-state index contributed by atoms with van der Waals surface area (Å²) in [6.07, 6.45) is 0.558. The summed E-state index contributed by atoms with van der Waals surface area (Å²) in [7, 11) is 5.93. The number of hydrogen-bond donors (Lipinski definition) is 1. The Kier molecular flexibility index (Phi) is 3.45. The molecule has 0 bridgehead atoms. The van der Waals surface area contributed by atoms with E-state index in [0.29, 0.717) is 29.3 Å². The Bertz CT molecular complexity index is 1390. The highest BCUT2D eigenvalue weighted by Gasteiger charge is 2.24. The van der Waals surface area contributed by atoms with Gasteiger partial charge >= 0.3 is 11.4 Å². The number of aromatic amines is 1. The highest BCUT2D eigenvalue weighted by molar-refractivity contribution is 5.94. The molecule has 0 atom stereocenters. The molecule has 0 saturated carbocycles. The molecule has 0 radical (unpaired) electrons. The summed E-state index contributed by atoms with van der Waals surface area (Å²) in [5.74, 6) is 0.800. The lowest BCUT2D eigenvalue weighted by atomic mass is 10.1. The Morgan fingerprint density at radius 1 is 0.889 bits per heavy atom. The fourth-order valence-corrected chi connectivity index (χ4v) is 3.35. The number of nitrogens with zero attached hydrogens (tertiary/aromatic N) is 6. The first-order valence-corrected chi connectivity index (χ1v) is 8.20. The number of rotatable bonds is 2. The molecular formula is C16H17N7O4. The maximum Gasteiger partial charge on any atom is 0.332 e. The van der Waals surface area contributed by atoms with Gasteiger partial charge in [-0.3, -0.25) is 27.9 Å². The number of fused-ring (bicyclic) bond motifs is 2. The van der Waals surface area contributed by atoms with Crippen LogP contribution in [-0.2, 0) is 41.0 Å². The van der Waals surface area contributed by atoms with Crippen LogP contribution < -0.4 is 22.5 Å². The van der Waals surface area contributed by atoms with Crippen LogP contribution in [0, 0.1) is 0 Å². The Morgan fingerprint density at radius 2 is 1.52 bits per heavy atom. The fourth-order valence-electron chi connectivity index (χ4n) is 3.35. The molecule has 11 heteroatoms. The predicted octanol–water partition coefficient (Wildman–Crippen LogP) is -1.77. The maximum absolute atomic E-state index is 12.3. The molecule has 0 fully saturated rings. The van der Waals surface area contributed by atoms with Gasteiger partial charge in [-0.05, 0) is 0 Å². The summed E-state index contributed by atoms with van der Waals surface area (Å²) < 4.78 is 4.69. The molecule has 0 saturated heterocycles. The van der Waals surface area contributed by atoms with E-state index in [2.05, 4.69) is 15.0 Å². The number of aromatic nitrogens is 6. The molecule has 4 rings (SSSR count). The first-order chi connectivity index (χ1) is 12.7. The zero-order valence-electron chi connectivity index (χ0n) is 15.2. The van der Waals surface area contributed by atoms with E-state index in [1.54, 1.807) is 7.05 Å². The average molecular weight is 371 g/mol. The lowest BCUT2D eigenvalue weighted by Crippen LogP contribution is -2.38. The summed E-state index contributed by atoms with van der Waals surface area (Å²) in [6.45, 7) is 0. The molecular weight excluding hydrogens is 354 g/mol. The average Bonchev–Trinajstić information content (AvgIpc) is 3.26. The van der Waals surface area contributed by atoms with Gasteiger partial charge in [0.05, 0.1) is 5.56 Å². The lowest BCUT2D eigenvalue weighted by Gasteiger charge is -2.05. The van der Waals surface area contributed by atoms with Gasteiger partial charge in [0.25, 0.3) is 11.1 Å². The second kappa shape index (κ2) is 5.50. The molecule has 140 valence electrons. The summed E-state index contributed by atoms with van der Waals surface area (Å²) in [5.41, 5.74) is -0.141. The minimum absolute atomic E-state index is 0.231. The van der Waals surface area contributed by atoms with Gasteiger partial charge in [-0.15, -0.1) is 0 Å². The van der Waals surface area contributed by atoms with Crippen molar-refractivity contribution in [3.05, 3.63) is 53.1 Å². The molecule has 1 aliphatic heterocycles. The fraction of sp³-hybridized carbons (Fsp3) is 0.375. The van der Waals surface area contributed by atoms with Gasteiger partial charge in [-0.2, -0.15) is 0 Å². The molecule has 0 amide bonds. The zero-order chi connectivity index (χ0) is 19.6. The van der Waals surface area contributed by atoms with E-state index in [-0.39, 0.29) is 23.1 Å². The van der Waals surface area contributed by atoms with E-state index < -0.39 is 16.9 Å². The minimum Gasteiger partial charge on any atom is -0.336 e. The Morgan fingerprint density at radius 3 is 2.22 bits per heavy atom.